The summed E-state index contributed by atoms with van der Waals surface area (Å²) in [6.07, 6.45) is 4.43. The highest BCUT2D eigenvalue weighted by Gasteiger charge is 2.10. The Morgan fingerprint density at radius 2 is 2.17 bits per heavy atom. The summed E-state index contributed by atoms with van der Waals surface area (Å²) in [6.45, 7) is 0.896. The van der Waals surface area contributed by atoms with Gasteiger partial charge >= 0.3 is 0 Å². The summed E-state index contributed by atoms with van der Waals surface area (Å²) in [5.74, 6) is -0.938. The van der Waals surface area contributed by atoms with Gasteiger partial charge in [0, 0.05) is 6.92 Å². The monoisotopic (exact) mass is 88.0 g/mol. The zero-order chi connectivity index (χ0) is 5.21. The van der Waals surface area contributed by atoms with Crippen LogP contribution in [-0.2, 0) is 0 Å². The summed E-state index contributed by atoms with van der Waals surface area (Å²) in [7, 11) is 0. The first-order chi connectivity index (χ1) is 2.56. The molecule has 0 aromatic heterocycles. The predicted octanol–water partition coefficient (Wildman–Crippen LogP) is 0.298. The molecular formula is C4H5FO. The molecule has 6 heavy (non-hydrogen) atoms. The fraction of sp³-hybridized carbons (Fsp3) is 0.500. The van der Waals surface area contributed by atoms with Crippen molar-refractivity contribution in [3.63, 3.8) is 0 Å². The zero-order valence-corrected chi connectivity index (χ0v) is 3.40. The summed E-state index contributed by atoms with van der Waals surface area (Å²) in [5, 5.41) is 7.92. The van der Waals surface area contributed by atoms with Crippen LogP contribution in [0.3, 0.4) is 0 Å². The largest absolute Gasteiger partial charge is 0.352 e. The molecule has 0 aliphatic rings. The van der Waals surface area contributed by atoms with Gasteiger partial charge in [-0.05, 0) is 5.92 Å². The number of hydrogen-bond acceptors (Lipinski definition) is 1. The van der Waals surface area contributed by atoms with E-state index in [0.717, 1.165) is 6.92 Å². The topological polar surface area (TPSA) is 20.2 Å². The van der Waals surface area contributed by atoms with Crippen LogP contribution < -0.4 is 0 Å². The minimum Gasteiger partial charge on any atom is -0.352 e. The van der Waals surface area contributed by atoms with E-state index in [2.05, 4.69) is 6.42 Å². The SMILES string of the molecule is C#CC(C)(O)F. The van der Waals surface area contributed by atoms with Crippen molar-refractivity contribution < 1.29 is 9.50 Å². The molecule has 0 radical (unpaired) electrons. The van der Waals surface area contributed by atoms with Crippen LogP contribution in [0, 0.1) is 12.3 Å². The Kier molecular flexibility index (Phi) is 1.16. The van der Waals surface area contributed by atoms with Crippen molar-refractivity contribution in [1.29, 1.82) is 0 Å². The van der Waals surface area contributed by atoms with Gasteiger partial charge in [-0.1, -0.05) is 0 Å². The van der Waals surface area contributed by atoms with Crippen molar-refractivity contribution in [2.24, 2.45) is 0 Å². The van der Waals surface area contributed by atoms with E-state index >= 15 is 0 Å². The Bertz CT molecular complexity index is 74.5. The third-order valence-corrected chi connectivity index (χ3v) is 0.263. The number of rotatable bonds is 0. The molecule has 0 saturated carbocycles. The smallest absolute Gasteiger partial charge is 0.266 e. The second-order valence-electron chi connectivity index (χ2n) is 1.10. The molecule has 34 valence electrons. The number of hydrogen-bond donors (Lipinski definition) is 1. The summed E-state index contributed by atoms with van der Waals surface area (Å²) < 4.78 is 11.4. The van der Waals surface area contributed by atoms with E-state index in [9.17, 15) is 4.39 Å². The van der Waals surface area contributed by atoms with Crippen molar-refractivity contribution in [1.82, 2.24) is 0 Å². The fourth-order valence-corrected chi connectivity index (χ4v) is 0. The van der Waals surface area contributed by atoms with Gasteiger partial charge in [0.2, 0.25) is 0 Å². The molecule has 0 aromatic rings. The second kappa shape index (κ2) is 1.27. The molecule has 0 aromatic carbocycles. The summed E-state index contributed by atoms with van der Waals surface area (Å²) in [5.41, 5.74) is 0. The van der Waals surface area contributed by atoms with Crippen LogP contribution >= 0.6 is 0 Å². The average Bonchev–Trinajstić information content (AvgIpc) is 1.35. The minimum atomic E-state index is -2.43. The highest BCUT2D eigenvalue weighted by molar-refractivity contribution is 4.96. The molecule has 0 amide bonds. The Morgan fingerprint density at radius 3 is 2.17 bits per heavy atom. The van der Waals surface area contributed by atoms with Gasteiger partial charge in [0.05, 0.1) is 0 Å². The lowest BCUT2D eigenvalue weighted by atomic mass is 10.4. The van der Waals surface area contributed by atoms with Gasteiger partial charge in [-0.25, -0.2) is 0 Å². The molecule has 0 bridgehead atoms. The highest BCUT2D eigenvalue weighted by Crippen LogP contribution is 1.98. The standard InChI is InChI=1S/C4H5FO/c1-3-4(2,5)6/h1,6H,2H3. The van der Waals surface area contributed by atoms with E-state index in [0.29, 0.717) is 0 Å². The van der Waals surface area contributed by atoms with Gasteiger partial charge in [0.25, 0.3) is 5.85 Å². The average molecular weight is 88.1 g/mol. The number of halogens is 1. The third-order valence-electron chi connectivity index (χ3n) is 0.263. The van der Waals surface area contributed by atoms with Crippen molar-refractivity contribution in [3.05, 3.63) is 0 Å². The van der Waals surface area contributed by atoms with Gasteiger partial charge in [0.1, 0.15) is 0 Å². The van der Waals surface area contributed by atoms with Gasteiger partial charge in [-0.3, -0.25) is 0 Å². The van der Waals surface area contributed by atoms with Crippen LogP contribution in [0.25, 0.3) is 0 Å². The number of aliphatic hydroxyl groups is 1. The fourth-order valence-electron chi connectivity index (χ4n) is 0. The molecule has 0 aliphatic heterocycles. The van der Waals surface area contributed by atoms with Gasteiger partial charge in [-0.2, -0.15) is 4.39 Å². The lowest BCUT2D eigenvalue weighted by Gasteiger charge is -1.98. The first-order valence-electron chi connectivity index (χ1n) is 1.45. The Morgan fingerprint density at radius 1 is 2.00 bits per heavy atom. The lowest BCUT2D eigenvalue weighted by molar-refractivity contribution is -0.0123. The van der Waals surface area contributed by atoms with Crippen LogP contribution in [0.15, 0.2) is 0 Å². The summed E-state index contributed by atoms with van der Waals surface area (Å²) in [4.78, 5) is 0. The van der Waals surface area contributed by atoms with Gasteiger partial charge in [0.15, 0.2) is 0 Å². The van der Waals surface area contributed by atoms with E-state index in [4.69, 9.17) is 5.11 Å². The first kappa shape index (κ1) is 5.45. The van der Waals surface area contributed by atoms with Crippen LogP contribution in [0.5, 0.6) is 0 Å². The van der Waals surface area contributed by atoms with E-state index in [1.165, 1.54) is 5.92 Å². The molecule has 1 nitrogen and oxygen atoms in total. The molecule has 0 heterocycles. The quantitative estimate of drug-likeness (QED) is 0.422. The molecule has 1 N–H and O–H groups in total. The van der Waals surface area contributed by atoms with Gasteiger partial charge < -0.3 is 5.11 Å². The molecule has 0 fully saturated rings. The Hall–Kier alpha value is -0.550. The van der Waals surface area contributed by atoms with E-state index in [-0.39, 0.29) is 0 Å². The van der Waals surface area contributed by atoms with E-state index in [1.807, 2.05) is 0 Å². The van der Waals surface area contributed by atoms with Crippen LogP contribution in [0.4, 0.5) is 4.39 Å². The molecule has 2 heteroatoms. The van der Waals surface area contributed by atoms with Gasteiger partial charge in [-0.15, -0.1) is 6.42 Å². The Balaban J connectivity index is 3.55. The maximum absolute atomic E-state index is 11.4. The maximum atomic E-state index is 11.4. The molecule has 0 rings (SSSR count). The van der Waals surface area contributed by atoms with E-state index in [1.54, 1.807) is 0 Å². The maximum Gasteiger partial charge on any atom is 0.266 e. The van der Waals surface area contributed by atoms with Crippen LogP contribution in [0.1, 0.15) is 6.92 Å². The first-order valence-corrected chi connectivity index (χ1v) is 1.45. The van der Waals surface area contributed by atoms with Crippen molar-refractivity contribution in [2.45, 2.75) is 12.8 Å². The lowest BCUT2D eigenvalue weighted by Crippen LogP contribution is -2.11. The Labute approximate surface area is 35.8 Å². The van der Waals surface area contributed by atoms with Crippen molar-refractivity contribution >= 4 is 0 Å². The van der Waals surface area contributed by atoms with Crippen LogP contribution in [-0.4, -0.2) is 11.0 Å². The summed E-state index contributed by atoms with van der Waals surface area (Å²) in [6, 6.07) is 0. The summed E-state index contributed by atoms with van der Waals surface area (Å²) >= 11 is 0. The third kappa shape index (κ3) is 3.45. The molecule has 0 spiro atoms. The number of terminal acetylenes is 1. The van der Waals surface area contributed by atoms with E-state index < -0.39 is 5.85 Å². The van der Waals surface area contributed by atoms with Crippen molar-refractivity contribution in [3.8, 4) is 12.3 Å². The predicted molar refractivity (Wildman–Crippen MR) is 20.6 cm³/mol. The molecule has 1 atom stereocenters. The molecule has 0 aliphatic carbocycles. The molecule has 0 saturated heterocycles. The zero-order valence-electron chi connectivity index (χ0n) is 3.40. The minimum absolute atomic E-state index is 0.896. The number of alkyl halides is 1. The normalized spacial score (nSPS) is 18.3. The highest BCUT2D eigenvalue weighted by atomic mass is 19.2. The second-order valence-corrected chi connectivity index (χ2v) is 1.10. The molecular weight excluding hydrogens is 83.0 g/mol. The van der Waals surface area contributed by atoms with Crippen molar-refractivity contribution in [2.75, 3.05) is 0 Å². The molecule has 1 unspecified atom stereocenters. The van der Waals surface area contributed by atoms with Crippen LogP contribution in [0.2, 0.25) is 0 Å².